The number of benzene rings is 2. The van der Waals surface area contributed by atoms with Gasteiger partial charge in [0.15, 0.2) is 12.4 Å². The molecule has 0 saturated heterocycles. The Kier molecular flexibility index (Phi) is 6.22. The molecule has 0 aliphatic rings. The Balaban J connectivity index is 1.36. The number of amides is 1. The number of carbonyl (C=O) groups is 2. The number of hydrogen-bond donors (Lipinski definition) is 1. The van der Waals surface area contributed by atoms with E-state index in [2.05, 4.69) is 22.0 Å². The molecule has 32 heavy (non-hydrogen) atoms. The average molecular weight is 428 g/mol. The van der Waals surface area contributed by atoms with Crippen LogP contribution in [0.1, 0.15) is 37.9 Å². The van der Waals surface area contributed by atoms with E-state index >= 15 is 0 Å². The van der Waals surface area contributed by atoms with Gasteiger partial charge in [-0.05, 0) is 61.9 Å². The Labute approximate surface area is 186 Å². The van der Waals surface area contributed by atoms with E-state index < -0.39 is 0 Å². The van der Waals surface area contributed by atoms with Crippen LogP contribution in [-0.4, -0.2) is 22.9 Å². The van der Waals surface area contributed by atoms with Crippen molar-refractivity contribution in [1.82, 2.24) is 4.57 Å². The molecule has 0 aliphatic carbocycles. The molecule has 0 radical (unpaired) electrons. The Morgan fingerprint density at radius 1 is 0.969 bits per heavy atom. The predicted molar refractivity (Wildman–Crippen MR) is 122 cm³/mol. The zero-order valence-electron chi connectivity index (χ0n) is 18.0. The summed E-state index contributed by atoms with van der Waals surface area (Å²) in [7, 11) is 0. The van der Waals surface area contributed by atoms with Crippen molar-refractivity contribution in [3.05, 3.63) is 107 Å². The van der Waals surface area contributed by atoms with Crippen LogP contribution in [0.15, 0.2) is 83.5 Å². The van der Waals surface area contributed by atoms with Crippen LogP contribution in [0.4, 0.5) is 5.69 Å². The summed E-state index contributed by atoms with van der Waals surface area (Å²) in [6.07, 6.45) is 1.45. The Hall–Kier alpha value is -4.06. The number of anilines is 1. The molecule has 6 heteroatoms. The molecule has 1 amide bonds. The average Bonchev–Trinajstić information content (AvgIpc) is 3.44. The minimum atomic E-state index is -0.329. The van der Waals surface area contributed by atoms with E-state index in [0.29, 0.717) is 17.0 Å². The van der Waals surface area contributed by atoms with Gasteiger partial charge < -0.3 is 19.0 Å². The van der Waals surface area contributed by atoms with Crippen molar-refractivity contribution >= 4 is 17.4 Å². The summed E-state index contributed by atoms with van der Waals surface area (Å²) in [4.78, 5) is 24.8. The van der Waals surface area contributed by atoms with Gasteiger partial charge in [-0.25, -0.2) is 0 Å². The van der Waals surface area contributed by atoms with Crippen LogP contribution >= 0.6 is 0 Å². The summed E-state index contributed by atoms with van der Waals surface area (Å²) < 4.78 is 12.9. The second-order valence-electron chi connectivity index (χ2n) is 7.52. The van der Waals surface area contributed by atoms with Crippen molar-refractivity contribution in [2.24, 2.45) is 0 Å². The van der Waals surface area contributed by atoms with E-state index in [1.807, 2.05) is 38.1 Å². The molecule has 0 bridgehead atoms. The zero-order chi connectivity index (χ0) is 22.5. The summed E-state index contributed by atoms with van der Waals surface area (Å²) in [5.41, 5.74) is 4.42. The van der Waals surface area contributed by atoms with E-state index in [1.54, 1.807) is 36.4 Å². The molecule has 4 aromatic rings. The van der Waals surface area contributed by atoms with Gasteiger partial charge in [-0.15, -0.1) is 0 Å². The maximum absolute atomic E-state index is 12.8. The number of furan rings is 1. The third-order valence-corrected chi connectivity index (χ3v) is 5.28. The topological polar surface area (TPSA) is 73.5 Å². The Morgan fingerprint density at radius 2 is 1.72 bits per heavy atom. The van der Waals surface area contributed by atoms with Crippen LogP contribution in [0, 0.1) is 13.8 Å². The number of hydrogen-bond acceptors (Lipinski definition) is 4. The molecule has 0 saturated carbocycles. The molecule has 0 unspecified atom stereocenters. The number of ether oxygens (including phenoxy) is 1. The number of Topliss-reactive ketones (excluding diaryl/α,β-unsaturated/α-hetero) is 1. The Morgan fingerprint density at radius 3 is 2.41 bits per heavy atom. The molecule has 1 N–H and O–H groups in total. The molecule has 2 aromatic heterocycles. The standard InChI is InChI=1S/C26H24N2O4/c1-18-15-23(19(2)28(18)16-20-7-4-3-5-8-20)24(29)17-32-22-12-10-21(11-13-22)27-26(30)25-9-6-14-31-25/h3-15H,16-17H2,1-2H3,(H,27,30). The van der Waals surface area contributed by atoms with Gasteiger partial charge in [0, 0.05) is 29.2 Å². The minimum Gasteiger partial charge on any atom is -0.485 e. The fraction of sp³-hybridized carbons (Fsp3) is 0.154. The van der Waals surface area contributed by atoms with E-state index in [0.717, 1.165) is 17.9 Å². The third-order valence-electron chi connectivity index (χ3n) is 5.28. The van der Waals surface area contributed by atoms with Crippen molar-refractivity contribution in [3.63, 3.8) is 0 Å². The fourth-order valence-electron chi connectivity index (χ4n) is 3.55. The van der Waals surface area contributed by atoms with Crippen molar-refractivity contribution in [1.29, 1.82) is 0 Å². The summed E-state index contributed by atoms with van der Waals surface area (Å²) >= 11 is 0. The second-order valence-corrected chi connectivity index (χ2v) is 7.52. The summed E-state index contributed by atoms with van der Waals surface area (Å²) in [6, 6.07) is 22.2. The molecular formula is C26H24N2O4. The normalized spacial score (nSPS) is 10.7. The zero-order valence-corrected chi connectivity index (χ0v) is 18.0. The lowest BCUT2D eigenvalue weighted by Gasteiger charge is -2.10. The SMILES string of the molecule is Cc1cc(C(=O)COc2ccc(NC(=O)c3ccco3)cc2)c(C)n1Cc1ccccc1. The first-order valence-corrected chi connectivity index (χ1v) is 10.3. The number of ketones is 1. The molecule has 0 aliphatic heterocycles. The van der Waals surface area contributed by atoms with Gasteiger partial charge in [0.25, 0.3) is 5.91 Å². The molecular weight excluding hydrogens is 404 g/mol. The number of aromatic nitrogens is 1. The highest BCUT2D eigenvalue weighted by Gasteiger charge is 2.16. The number of carbonyl (C=O) groups excluding carboxylic acids is 2. The lowest BCUT2D eigenvalue weighted by Crippen LogP contribution is -2.13. The van der Waals surface area contributed by atoms with Crippen molar-refractivity contribution < 1.29 is 18.7 Å². The second kappa shape index (κ2) is 9.39. The van der Waals surface area contributed by atoms with E-state index in [1.165, 1.54) is 11.8 Å². The van der Waals surface area contributed by atoms with Crippen molar-refractivity contribution in [2.45, 2.75) is 20.4 Å². The first kappa shape index (κ1) is 21.2. The first-order chi connectivity index (χ1) is 15.5. The van der Waals surface area contributed by atoms with Crippen LogP contribution in [-0.2, 0) is 6.54 Å². The predicted octanol–water partition coefficient (Wildman–Crippen LogP) is 5.26. The van der Waals surface area contributed by atoms with Gasteiger partial charge in [0.1, 0.15) is 5.75 Å². The minimum absolute atomic E-state index is 0.0618. The van der Waals surface area contributed by atoms with Gasteiger partial charge in [-0.2, -0.15) is 0 Å². The highest BCUT2D eigenvalue weighted by Crippen LogP contribution is 2.20. The molecule has 0 spiro atoms. The van der Waals surface area contributed by atoms with Crippen molar-refractivity contribution in [3.8, 4) is 5.75 Å². The number of nitrogens with zero attached hydrogens (tertiary/aromatic N) is 1. The maximum atomic E-state index is 12.8. The molecule has 6 nitrogen and oxygen atoms in total. The van der Waals surface area contributed by atoms with Gasteiger partial charge in [0.05, 0.1) is 6.26 Å². The molecule has 162 valence electrons. The van der Waals surface area contributed by atoms with Gasteiger partial charge in [0.2, 0.25) is 5.78 Å². The van der Waals surface area contributed by atoms with Crippen molar-refractivity contribution in [2.75, 3.05) is 11.9 Å². The monoisotopic (exact) mass is 428 g/mol. The number of rotatable bonds is 8. The molecule has 0 fully saturated rings. The molecule has 4 rings (SSSR count). The Bertz CT molecular complexity index is 1210. The highest BCUT2D eigenvalue weighted by atomic mass is 16.5. The highest BCUT2D eigenvalue weighted by molar-refractivity contribution is 6.02. The third kappa shape index (κ3) is 4.81. The van der Waals surface area contributed by atoms with E-state index in [9.17, 15) is 9.59 Å². The quantitative estimate of drug-likeness (QED) is 0.389. The first-order valence-electron chi connectivity index (χ1n) is 10.3. The largest absolute Gasteiger partial charge is 0.485 e. The van der Waals surface area contributed by atoms with Crippen LogP contribution in [0.2, 0.25) is 0 Å². The maximum Gasteiger partial charge on any atom is 0.291 e. The van der Waals surface area contributed by atoms with Gasteiger partial charge in [-0.1, -0.05) is 30.3 Å². The van der Waals surface area contributed by atoms with E-state index in [-0.39, 0.29) is 24.1 Å². The smallest absolute Gasteiger partial charge is 0.291 e. The summed E-state index contributed by atoms with van der Waals surface area (Å²) in [6.45, 7) is 4.62. The molecule has 2 heterocycles. The number of aryl methyl sites for hydroxylation is 1. The summed E-state index contributed by atoms with van der Waals surface area (Å²) in [5.74, 6) is 0.380. The fourth-order valence-corrected chi connectivity index (χ4v) is 3.55. The van der Waals surface area contributed by atoms with Gasteiger partial charge in [-0.3, -0.25) is 9.59 Å². The lowest BCUT2D eigenvalue weighted by atomic mass is 10.1. The molecule has 2 aromatic carbocycles. The van der Waals surface area contributed by atoms with Crippen LogP contribution in [0.5, 0.6) is 5.75 Å². The molecule has 0 atom stereocenters. The summed E-state index contributed by atoms with van der Waals surface area (Å²) in [5, 5.41) is 2.74. The van der Waals surface area contributed by atoms with Crippen LogP contribution in [0.3, 0.4) is 0 Å². The lowest BCUT2D eigenvalue weighted by molar-refractivity contribution is 0.0920. The number of nitrogens with one attached hydrogen (secondary N) is 1. The van der Waals surface area contributed by atoms with Crippen LogP contribution in [0.25, 0.3) is 0 Å². The van der Waals surface area contributed by atoms with Gasteiger partial charge >= 0.3 is 0 Å². The van der Waals surface area contributed by atoms with Crippen LogP contribution < -0.4 is 10.1 Å². The van der Waals surface area contributed by atoms with E-state index in [4.69, 9.17) is 9.15 Å².